The number of ether oxygens (including phenoxy) is 1. The van der Waals surface area contributed by atoms with Crippen LogP contribution in [0.2, 0.25) is 0 Å². The van der Waals surface area contributed by atoms with Crippen LogP contribution in [0.1, 0.15) is 18.4 Å². The van der Waals surface area contributed by atoms with Crippen LogP contribution < -0.4 is 10.1 Å². The van der Waals surface area contributed by atoms with Crippen LogP contribution >= 0.6 is 0 Å². The molecule has 0 spiro atoms. The molecule has 0 saturated carbocycles. The molecule has 1 aromatic heterocycles. The molecule has 0 unspecified atom stereocenters. The lowest BCUT2D eigenvalue weighted by atomic mass is 10.3. The Hall–Kier alpha value is -2.49. The van der Waals surface area contributed by atoms with Crippen LogP contribution in [-0.2, 0) is 4.79 Å². The maximum absolute atomic E-state index is 11.7. The highest BCUT2D eigenvalue weighted by atomic mass is 16.5. The number of anilines is 1. The fraction of sp³-hybridized carbons (Fsp3) is 0.188. The van der Waals surface area contributed by atoms with Gasteiger partial charge in [-0.05, 0) is 56.3 Å². The zero-order valence-corrected chi connectivity index (χ0v) is 11.6. The highest BCUT2D eigenvalue weighted by Gasteiger charge is 2.00. The minimum absolute atomic E-state index is 0.205. The molecule has 4 nitrogen and oxygen atoms in total. The van der Waals surface area contributed by atoms with Gasteiger partial charge < -0.3 is 14.5 Å². The van der Waals surface area contributed by atoms with Gasteiger partial charge in [-0.3, -0.25) is 4.79 Å². The van der Waals surface area contributed by atoms with Crippen LogP contribution in [0.5, 0.6) is 5.75 Å². The highest BCUT2D eigenvalue weighted by Crippen LogP contribution is 2.15. The normalized spacial score (nSPS) is 10.7. The summed E-state index contributed by atoms with van der Waals surface area (Å²) in [6.07, 6.45) is 3.08. The van der Waals surface area contributed by atoms with Gasteiger partial charge >= 0.3 is 0 Å². The molecule has 1 aromatic carbocycles. The van der Waals surface area contributed by atoms with Crippen molar-refractivity contribution in [2.24, 2.45) is 0 Å². The van der Waals surface area contributed by atoms with E-state index in [1.54, 1.807) is 18.2 Å². The number of carbonyl (C=O) groups excluding carboxylic acids is 1. The van der Waals surface area contributed by atoms with Gasteiger partial charge in [0.1, 0.15) is 17.3 Å². The van der Waals surface area contributed by atoms with Crippen molar-refractivity contribution in [1.29, 1.82) is 0 Å². The van der Waals surface area contributed by atoms with Crippen molar-refractivity contribution in [3.05, 3.63) is 54.0 Å². The van der Waals surface area contributed by atoms with E-state index in [-0.39, 0.29) is 5.91 Å². The molecule has 1 heterocycles. The quantitative estimate of drug-likeness (QED) is 0.845. The zero-order chi connectivity index (χ0) is 14.4. The molecule has 0 aliphatic carbocycles. The Labute approximate surface area is 118 Å². The van der Waals surface area contributed by atoms with Crippen LogP contribution in [0.4, 0.5) is 5.69 Å². The predicted octanol–water partition coefficient (Wildman–Crippen LogP) is 3.64. The molecule has 0 saturated heterocycles. The second-order valence-corrected chi connectivity index (χ2v) is 4.23. The summed E-state index contributed by atoms with van der Waals surface area (Å²) in [6.45, 7) is 4.41. The molecule has 0 radical (unpaired) electrons. The molecule has 4 heteroatoms. The van der Waals surface area contributed by atoms with Gasteiger partial charge in [0.15, 0.2) is 0 Å². The molecule has 0 aliphatic heterocycles. The third kappa shape index (κ3) is 4.02. The summed E-state index contributed by atoms with van der Waals surface area (Å²) >= 11 is 0. The number of nitrogens with one attached hydrogen (secondary N) is 1. The van der Waals surface area contributed by atoms with Gasteiger partial charge in [0.2, 0.25) is 5.91 Å². The average Bonchev–Trinajstić information content (AvgIpc) is 2.85. The largest absolute Gasteiger partial charge is 0.494 e. The lowest BCUT2D eigenvalue weighted by Crippen LogP contribution is -2.07. The van der Waals surface area contributed by atoms with E-state index in [4.69, 9.17) is 9.15 Å². The summed E-state index contributed by atoms with van der Waals surface area (Å²) in [5.41, 5.74) is 0.721. The second-order valence-electron chi connectivity index (χ2n) is 4.23. The molecule has 20 heavy (non-hydrogen) atoms. The second kappa shape index (κ2) is 6.61. The van der Waals surface area contributed by atoms with E-state index in [9.17, 15) is 4.79 Å². The van der Waals surface area contributed by atoms with Crippen LogP contribution in [-0.4, -0.2) is 12.5 Å². The first-order chi connectivity index (χ1) is 9.67. The van der Waals surface area contributed by atoms with Crippen LogP contribution in [0.25, 0.3) is 6.08 Å². The third-order valence-electron chi connectivity index (χ3n) is 2.59. The summed E-state index contributed by atoms with van der Waals surface area (Å²) in [5, 5.41) is 2.77. The van der Waals surface area contributed by atoms with Gasteiger partial charge in [-0.15, -0.1) is 0 Å². The molecule has 0 fully saturated rings. The summed E-state index contributed by atoms with van der Waals surface area (Å²) in [6, 6.07) is 10.9. The van der Waals surface area contributed by atoms with Gasteiger partial charge in [-0.1, -0.05) is 0 Å². The summed E-state index contributed by atoms with van der Waals surface area (Å²) in [4.78, 5) is 11.7. The molecule has 0 bridgehead atoms. The SMILES string of the molecule is CCOc1ccc(NC(=O)/C=C/c2ccc(C)o2)cc1. The number of furan rings is 1. The lowest BCUT2D eigenvalue weighted by Gasteiger charge is -2.05. The molecule has 2 aromatic rings. The third-order valence-corrected chi connectivity index (χ3v) is 2.59. The number of amides is 1. The Balaban J connectivity index is 1.92. The number of hydrogen-bond donors (Lipinski definition) is 1. The van der Waals surface area contributed by atoms with Crippen LogP contribution in [0.3, 0.4) is 0 Å². The molecule has 1 N–H and O–H groups in total. The Morgan fingerprint density at radius 3 is 2.60 bits per heavy atom. The van der Waals surface area contributed by atoms with E-state index in [1.165, 1.54) is 6.08 Å². The number of carbonyl (C=O) groups is 1. The Bertz CT molecular complexity index is 596. The summed E-state index contributed by atoms with van der Waals surface area (Å²) < 4.78 is 10.7. The molecule has 1 amide bonds. The van der Waals surface area contributed by atoms with Gasteiger partial charge in [0, 0.05) is 11.8 Å². The fourth-order valence-corrected chi connectivity index (χ4v) is 1.69. The zero-order valence-electron chi connectivity index (χ0n) is 11.6. The predicted molar refractivity (Wildman–Crippen MR) is 78.7 cm³/mol. The van der Waals surface area contributed by atoms with Crippen molar-refractivity contribution < 1.29 is 13.9 Å². The molecule has 104 valence electrons. The van der Waals surface area contributed by atoms with E-state index < -0.39 is 0 Å². The van der Waals surface area contributed by atoms with E-state index in [1.807, 2.05) is 38.1 Å². The molecular formula is C16H17NO3. The van der Waals surface area contributed by atoms with Gasteiger partial charge in [-0.2, -0.15) is 0 Å². The van der Waals surface area contributed by atoms with E-state index >= 15 is 0 Å². The molecular weight excluding hydrogens is 254 g/mol. The Morgan fingerprint density at radius 2 is 2.00 bits per heavy atom. The van der Waals surface area contributed by atoms with Gasteiger partial charge in [0.05, 0.1) is 6.61 Å². The van der Waals surface area contributed by atoms with Crippen LogP contribution in [0, 0.1) is 6.92 Å². The van der Waals surface area contributed by atoms with Crippen LogP contribution in [0.15, 0.2) is 46.9 Å². The first kappa shape index (κ1) is 13.9. The van der Waals surface area contributed by atoms with Crippen molar-refractivity contribution in [1.82, 2.24) is 0 Å². The van der Waals surface area contributed by atoms with Crippen molar-refractivity contribution in [2.45, 2.75) is 13.8 Å². The minimum Gasteiger partial charge on any atom is -0.494 e. The summed E-state index contributed by atoms with van der Waals surface area (Å²) in [7, 11) is 0. The molecule has 0 aliphatic rings. The number of rotatable bonds is 5. The first-order valence-electron chi connectivity index (χ1n) is 6.46. The maximum atomic E-state index is 11.7. The molecule has 2 rings (SSSR count). The first-order valence-corrected chi connectivity index (χ1v) is 6.46. The monoisotopic (exact) mass is 271 g/mol. The van der Waals surface area contributed by atoms with E-state index in [2.05, 4.69) is 5.32 Å². The maximum Gasteiger partial charge on any atom is 0.248 e. The highest BCUT2D eigenvalue weighted by molar-refractivity contribution is 6.01. The van der Waals surface area contributed by atoms with Crippen molar-refractivity contribution in [3.63, 3.8) is 0 Å². The van der Waals surface area contributed by atoms with Crippen molar-refractivity contribution in [2.75, 3.05) is 11.9 Å². The molecule has 0 atom stereocenters. The van der Waals surface area contributed by atoms with Crippen molar-refractivity contribution >= 4 is 17.7 Å². The minimum atomic E-state index is -0.205. The van der Waals surface area contributed by atoms with Gasteiger partial charge in [-0.25, -0.2) is 0 Å². The Morgan fingerprint density at radius 1 is 1.25 bits per heavy atom. The Kier molecular flexibility index (Phi) is 4.60. The van der Waals surface area contributed by atoms with E-state index in [0.29, 0.717) is 12.4 Å². The number of hydrogen-bond acceptors (Lipinski definition) is 3. The lowest BCUT2D eigenvalue weighted by molar-refractivity contribution is -0.111. The van der Waals surface area contributed by atoms with Gasteiger partial charge in [0.25, 0.3) is 0 Å². The topological polar surface area (TPSA) is 51.5 Å². The van der Waals surface area contributed by atoms with Crippen molar-refractivity contribution in [3.8, 4) is 5.75 Å². The smallest absolute Gasteiger partial charge is 0.248 e. The number of benzene rings is 1. The number of aryl methyl sites for hydroxylation is 1. The van der Waals surface area contributed by atoms with E-state index in [0.717, 1.165) is 17.2 Å². The standard InChI is InChI=1S/C16H17NO3/c1-3-19-14-8-5-13(6-9-14)17-16(18)11-10-15-7-4-12(2)20-15/h4-11H,3H2,1-2H3,(H,17,18)/b11-10+. The summed E-state index contributed by atoms with van der Waals surface area (Å²) in [5.74, 6) is 2.05. The fourth-order valence-electron chi connectivity index (χ4n) is 1.69. The average molecular weight is 271 g/mol.